The van der Waals surface area contributed by atoms with Crippen molar-refractivity contribution in [1.82, 2.24) is 0 Å². The lowest BCUT2D eigenvalue weighted by molar-refractivity contribution is -0.219. The number of hydrogen-bond donors (Lipinski definition) is 3. The number of aliphatic carboxylic acids is 1. The lowest BCUT2D eigenvalue weighted by Crippen LogP contribution is -2.66. The second-order valence-electron chi connectivity index (χ2n) is 14.8. The van der Waals surface area contributed by atoms with Gasteiger partial charge in [-0.15, -0.1) is 0 Å². The summed E-state index contributed by atoms with van der Waals surface area (Å²) >= 11 is 0. The van der Waals surface area contributed by atoms with E-state index in [2.05, 4.69) is 33.8 Å². The first-order valence-electron chi connectivity index (χ1n) is 14.5. The Balaban J connectivity index is 1.60. The average molecular weight is 517 g/mol. The predicted molar refractivity (Wildman–Crippen MR) is 140 cm³/mol. The molecule has 0 heterocycles. The van der Waals surface area contributed by atoms with Crippen LogP contribution in [0.25, 0.3) is 0 Å². The van der Waals surface area contributed by atoms with E-state index in [1.54, 1.807) is 0 Å². The normalized spacial score (nSPS) is 53.0. The number of aliphatic hydroxyl groups is 2. The van der Waals surface area contributed by atoms with E-state index in [0.717, 1.165) is 44.9 Å². The van der Waals surface area contributed by atoms with Gasteiger partial charge < -0.3 is 20.1 Å². The number of hydrogen-bond acceptors (Lipinski definition) is 5. The van der Waals surface area contributed by atoms with Gasteiger partial charge in [-0.1, -0.05) is 39.3 Å². The highest BCUT2D eigenvalue weighted by Crippen LogP contribution is 2.75. The van der Waals surface area contributed by atoms with Gasteiger partial charge in [0.25, 0.3) is 0 Å². The molecule has 5 aliphatic carbocycles. The molecule has 208 valence electrons. The number of carboxylic acids is 1. The Labute approximate surface area is 222 Å². The standard InChI is InChI=1S/C31H48O6/c1-26(18-32)13-15-31(24(34)35)16-14-28(3)19(20(31)17-26)7-8-21-27(2)11-10-23(33)30(5,25(36)37-6)22(27)9-12-29(21,28)4/h7,20-23,32-33H,8-18H2,1-6H3,(H,34,35). The molecule has 5 aliphatic rings. The van der Waals surface area contributed by atoms with Gasteiger partial charge in [0.1, 0.15) is 0 Å². The van der Waals surface area contributed by atoms with Crippen LogP contribution in [0, 0.1) is 50.2 Å². The lowest BCUT2D eigenvalue weighted by atomic mass is 9.33. The van der Waals surface area contributed by atoms with Crippen LogP contribution in [0.1, 0.15) is 98.8 Å². The number of carboxylic acid groups (broad SMARTS) is 1. The number of carbonyl (C=O) groups is 2. The molecule has 0 spiro atoms. The molecule has 5 rings (SSSR count). The summed E-state index contributed by atoms with van der Waals surface area (Å²) < 4.78 is 5.26. The van der Waals surface area contributed by atoms with Gasteiger partial charge in [0, 0.05) is 6.61 Å². The monoisotopic (exact) mass is 516 g/mol. The topological polar surface area (TPSA) is 104 Å². The number of ether oxygens (including phenoxy) is 1. The highest BCUT2D eigenvalue weighted by atomic mass is 16.5. The molecule has 0 aromatic rings. The fourth-order valence-corrected chi connectivity index (χ4v) is 10.9. The summed E-state index contributed by atoms with van der Waals surface area (Å²) in [6, 6.07) is 0. The summed E-state index contributed by atoms with van der Waals surface area (Å²) in [7, 11) is 1.43. The van der Waals surface area contributed by atoms with E-state index in [0.29, 0.717) is 25.2 Å². The van der Waals surface area contributed by atoms with Crippen molar-refractivity contribution in [1.29, 1.82) is 0 Å². The molecule has 10 atom stereocenters. The van der Waals surface area contributed by atoms with Gasteiger partial charge in [-0.3, -0.25) is 9.59 Å². The van der Waals surface area contributed by atoms with Gasteiger partial charge in [0.2, 0.25) is 0 Å². The molecular formula is C31H48O6. The van der Waals surface area contributed by atoms with Gasteiger partial charge in [-0.25, -0.2) is 0 Å². The van der Waals surface area contributed by atoms with Crippen molar-refractivity contribution in [2.45, 2.75) is 105 Å². The Kier molecular flexibility index (Phi) is 6.10. The van der Waals surface area contributed by atoms with Crippen molar-refractivity contribution < 1.29 is 29.6 Å². The molecule has 6 heteroatoms. The van der Waals surface area contributed by atoms with E-state index in [-0.39, 0.29) is 46.1 Å². The predicted octanol–water partition coefficient (Wildman–Crippen LogP) is 5.36. The van der Waals surface area contributed by atoms with Crippen molar-refractivity contribution in [3.05, 3.63) is 11.6 Å². The van der Waals surface area contributed by atoms with Crippen molar-refractivity contribution >= 4 is 11.9 Å². The highest BCUT2D eigenvalue weighted by molar-refractivity contribution is 5.78. The average Bonchev–Trinajstić information content (AvgIpc) is 2.86. The first kappa shape index (κ1) is 27.2. The SMILES string of the molecule is COC(=O)C1(C)C(O)CCC2(C)C1CCC1(C)C2CC=C2C3CC(C)(CO)CCC3(C(=O)O)CCC21C. The van der Waals surface area contributed by atoms with Crippen LogP contribution in [0.2, 0.25) is 0 Å². The molecule has 10 unspecified atom stereocenters. The molecule has 0 bridgehead atoms. The van der Waals surface area contributed by atoms with Gasteiger partial charge in [-0.2, -0.15) is 0 Å². The minimum absolute atomic E-state index is 0.0284. The first-order chi connectivity index (χ1) is 17.2. The quantitative estimate of drug-likeness (QED) is 0.345. The first-order valence-corrected chi connectivity index (χ1v) is 14.5. The third kappa shape index (κ3) is 3.24. The Morgan fingerprint density at radius 1 is 0.973 bits per heavy atom. The van der Waals surface area contributed by atoms with Crippen LogP contribution in [0.15, 0.2) is 11.6 Å². The van der Waals surface area contributed by atoms with Gasteiger partial charge in [0.05, 0.1) is 24.0 Å². The summed E-state index contributed by atoms with van der Waals surface area (Å²) in [5.74, 6) is -0.631. The third-order valence-electron chi connectivity index (χ3n) is 13.6. The minimum atomic E-state index is -0.911. The fourth-order valence-electron chi connectivity index (χ4n) is 10.9. The molecule has 6 nitrogen and oxygen atoms in total. The highest BCUT2D eigenvalue weighted by Gasteiger charge is 2.70. The molecule has 0 aliphatic heterocycles. The van der Waals surface area contributed by atoms with Crippen LogP contribution >= 0.6 is 0 Å². The second kappa shape index (κ2) is 8.30. The molecule has 4 fully saturated rings. The van der Waals surface area contributed by atoms with Crippen LogP contribution < -0.4 is 0 Å². The maximum absolute atomic E-state index is 13.1. The number of aliphatic hydroxyl groups excluding tert-OH is 2. The Morgan fingerprint density at radius 2 is 1.65 bits per heavy atom. The molecule has 0 amide bonds. The zero-order chi connectivity index (χ0) is 27.2. The molecule has 0 radical (unpaired) electrons. The number of esters is 1. The maximum Gasteiger partial charge on any atom is 0.314 e. The number of methoxy groups -OCH3 is 1. The van der Waals surface area contributed by atoms with Crippen molar-refractivity contribution in [3.63, 3.8) is 0 Å². The Hall–Kier alpha value is -1.40. The molecular weight excluding hydrogens is 468 g/mol. The number of carbonyl (C=O) groups excluding carboxylic acids is 1. The van der Waals surface area contributed by atoms with E-state index in [1.165, 1.54) is 12.7 Å². The van der Waals surface area contributed by atoms with Crippen molar-refractivity contribution in [3.8, 4) is 0 Å². The Bertz CT molecular complexity index is 1020. The number of allylic oxidation sites excluding steroid dienone is 2. The summed E-state index contributed by atoms with van der Waals surface area (Å²) in [6.45, 7) is 11.3. The molecule has 0 aromatic heterocycles. The van der Waals surface area contributed by atoms with E-state index in [1.807, 2.05) is 6.92 Å². The van der Waals surface area contributed by atoms with Crippen molar-refractivity contribution in [2.75, 3.05) is 13.7 Å². The third-order valence-corrected chi connectivity index (χ3v) is 13.6. The largest absolute Gasteiger partial charge is 0.481 e. The van der Waals surface area contributed by atoms with Crippen LogP contribution in [-0.2, 0) is 14.3 Å². The van der Waals surface area contributed by atoms with Crippen molar-refractivity contribution in [2.24, 2.45) is 50.2 Å². The van der Waals surface area contributed by atoms with Crippen LogP contribution in [0.4, 0.5) is 0 Å². The van der Waals surface area contributed by atoms with Gasteiger partial charge in [-0.05, 0) is 111 Å². The molecule has 0 saturated heterocycles. The van der Waals surface area contributed by atoms with E-state index in [9.17, 15) is 24.9 Å². The summed E-state index contributed by atoms with van der Waals surface area (Å²) in [5.41, 5.74) is -0.834. The molecule has 0 aromatic carbocycles. The Morgan fingerprint density at radius 3 is 2.27 bits per heavy atom. The summed E-state index contributed by atoms with van der Waals surface area (Å²) in [4.78, 5) is 25.9. The van der Waals surface area contributed by atoms with Gasteiger partial charge >= 0.3 is 11.9 Å². The van der Waals surface area contributed by atoms with E-state index in [4.69, 9.17) is 4.74 Å². The summed E-state index contributed by atoms with van der Waals surface area (Å²) in [6.07, 6.45) is 9.53. The minimum Gasteiger partial charge on any atom is -0.481 e. The summed E-state index contributed by atoms with van der Waals surface area (Å²) in [5, 5.41) is 31.8. The van der Waals surface area contributed by atoms with Crippen LogP contribution in [0.3, 0.4) is 0 Å². The fraction of sp³-hybridized carbons (Fsp3) is 0.871. The molecule has 37 heavy (non-hydrogen) atoms. The zero-order valence-corrected chi connectivity index (χ0v) is 23.7. The van der Waals surface area contributed by atoms with Crippen LogP contribution in [0.5, 0.6) is 0 Å². The number of rotatable bonds is 3. The van der Waals surface area contributed by atoms with Crippen LogP contribution in [-0.4, -0.2) is 47.1 Å². The maximum atomic E-state index is 13.1. The molecule has 4 saturated carbocycles. The molecule has 3 N–H and O–H groups in total. The lowest BCUT2D eigenvalue weighted by Gasteiger charge is -2.71. The zero-order valence-electron chi connectivity index (χ0n) is 23.7. The van der Waals surface area contributed by atoms with E-state index >= 15 is 0 Å². The van der Waals surface area contributed by atoms with E-state index < -0.39 is 22.9 Å². The number of fused-ring (bicyclic) bond motifs is 7. The second-order valence-corrected chi connectivity index (χ2v) is 14.8. The smallest absolute Gasteiger partial charge is 0.314 e. The van der Waals surface area contributed by atoms with Gasteiger partial charge in [0.15, 0.2) is 0 Å².